The van der Waals surface area contributed by atoms with E-state index in [0.29, 0.717) is 6.04 Å². The fourth-order valence-corrected chi connectivity index (χ4v) is 1.92. The molecule has 0 spiro atoms. The Bertz CT molecular complexity index is 318. The predicted octanol–water partition coefficient (Wildman–Crippen LogP) is 4.73. The fraction of sp³-hybridized carbons (Fsp3) is 0.455. The minimum Gasteiger partial charge on any atom is -0.383 e. The standard InChI is InChI=1S/C11H14Cl2FN/c1-3-4-7(2)15-8-5-9(12)11(14)10(13)6-8/h5-7,15H,3-4H2,1-2H3. The lowest BCUT2D eigenvalue weighted by Crippen LogP contribution is -2.14. The van der Waals surface area contributed by atoms with Gasteiger partial charge >= 0.3 is 0 Å². The number of hydrogen-bond acceptors (Lipinski definition) is 1. The molecule has 15 heavy (non-hydrogen) atoms. The van der Waals surface area contributed by atoms with Crippen molar-refractivity contribution < 1.29 is 4.39 Å². The van der Waals surface area contributed by atoms with Gasteiger partial charge in [-0.25, -0.2) is 4.39 Å². The van der Waals surface area contributed by atoms with E-state index < -0.39 is 5.82 Å². The van der Waals surface area contributed by atoms with Gasteiger partial charge < -0.3 is 5.32 Å². The summed E-state index contributed by atoms with van der Waals surface area (Å²) in [4.78, 5) is 0. The highest BCUT2D eigenvalue weighted by Crippen LogP contribution is 2.27. The molecule has 1 unspecified atom stereocenters. The van der Waals surface area contributed by atoms with Crippen LogP contribution in [-0.2, 0) is 0 Å². The molecule has 0 fully saturated rings. The van der Waals surface area contributed by atoms with Gasteiger partial charge in [-0.15, -0.1) is 0 Å². The minimum absolute atomic E-state index is 0.0497. The molecule has 84 valence electrons. The fourth-order valence-electron chi connectivity index (χ4n) is 1.43. The maximum atomic E-state index is 13.1. The molecule has 0 aliphatic carbocycles. The summed E-state index contributed by atoms with van der Waals surface area (Å²) in [5.41, 5.74) is 0.757. The van der Waals surface area contributed by atoms with Gasteiger partial charge in [0.1, 0.15) is 0 Å². The van der Waals surface area contributed by atoms with E-state index in [1.54, 1.807) is 12.1 Å². The predicted molar refractivity (Wildman–Crippen MR) is 64.4 cm³/mol. The second-order valence-corrected chi connectivity index (χ2v) is 4.40. The molecule has 0 bridgehead atoms. The third kappa shape index (κ3) is 3.54. The van der Waals surface area contributed by atoms with Crippen LogP contribution in [0.1, 0.15) is 26.7 Å². The maximum absolute atomic E-state index is 13.1. The van der Waals surface area contributed by atoms with Crippen LogP contribution in [0.3, 0.4) is 0 Å². The number of rotatable bonds is 4. The summed E-state index contributed by atoms with van der Waals surface area (Å²) in [5.74, 6) is -0.563. The molecule has 4 heteroatoms. The van der Waals surface area contributed by atoms with E-state index in [1.165, 1.54) is 0 Å². The summed E-state index contributed by atoms with van der Waals surface area (Å²) in [6.07, 6.45) is 2.14. The average Bonchev–Trinajstić information content (AvgIpc) is 2.14. The highest BCUT2D eigenvalue weighted by atomic mass is 35.5. The molecule has 1 atom stereocenters. The first-order valence-corrected chi connectivity index (χ1v) is 5.71. The van der Waals surface area contributed by atoms with E-state index in [0.717, 1.165) is 18.5 Å². The molecule has 1 aromatic carbocycles. The molecule has 0 heterocycles. The lowest BCUT2D eigenvalue weighted by atomic mass is 10.2. The van der Waals surface area contributed by atoms with Crippen LogP contribution in [0, 0.1) is 5.82 Å². The second-order valence-electron chi connectivity index (χ2n) is 3.59. The average molecular weight is 250 g/mol. The molecule has 0 saturated heterocycles. The molecule has 0 radical (unpaired) electrons. The first kappa shape index (κ1) is 12.6. The molecule has 0 aromatic heterocycles. The molecule has 0 saturated carbocycles. The van der Waals surface area contributed by atoms with Crippen LogP contribution in [0.5, 0.6) is 0 Å². The number of benzene rings is 1. The molecule has 0 aliphatic heterocycles. The van der Waals surface area contributed by atoms with E-state index >= 15 is 0 Å². The van der Waals surface area contributed by atoms with Crippen molar-refractivity contribution in [3.05, 3.63) is 28.0 Å². The summed E-state index contributed by atoms with van der Waals surface area (Å²) < 4.78 is 13.1. The van der Waals surface area contributed by atoms with Crippen molar-refractivity contribution in [2.45, 2.75) is 32.7 Å². The van der Waals surface area contributed by atoms with Crippen LogP contribution in [0.15, 0.2) is 12.1 Å². The Labute approximate surface area is 99.6 Å². The number of nitrogens with one attached hydrogen (secondary N) is 1. The van der Waals surface area contributed by atoms with Gasteiger partial charge in [0.05, 0.1) is 10.0 Å². The van der Waals surface area contributed by atoms with Crippen LogP contribution >= 0.6 is 23.2 Å². The first-order chi connectivity index (χ1) is 7.04. The smallest absolute Gasteiger partial charge is 0.160 e. The van der Waals surface area contributed by atoms with Crippen LogP contribution < -0.4 is 5.32 Å². The SMILES string of the molecule is CCCC(C)Nc1cc(Cl)c(F)c(Cl)c1. The molecular weight excluding hydrogens is 236 g/mol. The molecule has 0 aliphatic rings. The Morgan fingerprint density at radius 2 is 1.87 bits per heavy atom. The largest absolute Gasteiger partial charge is 0.383 e. The van der Waals surface area contributed by atoms with Crippen molar-refractivity contribution in [3.8, 4) is 0 Å². The Morgan fingerprint density at radius 1 is 1.33 bits per heavy atom. The normalized spacial score (nSPS) is 12.6. The van der Waals surface area contributed by atoms with Crippen LogP contribution in [0.4, 0.5) is 10.1 Å². The van der Waals surface area contributed by atoms with Gasteiger partial charge in [-0.2, -0.15) is 0 Å². The summed E-state index contributed by atoms with van der Waals surface area (Å²) in [6, 6.07) is 3.43. The molecule has 0 amide bonds. The van der Waals surface area contributed by atoms with E-state index in [4.69, 9.17) is 23.2 Å². The number of halogens is 3. The van der Waals surface area contributed by atoms with Gasteiger partial charge in [0.15, 0.2) is 5.82 Å². The van der Waals surface area contributed by atoms with Crippen LogP contribution in [-0.4, -0.2) is 6.04 Å². The summed E-state index contributed by atoms with van der Waals surface area (Å²) in [7, 11) is 0. The second kappa shape index (κ2) is 5.57. The quantitative estimate of drug-likeness (QED) is 0.761. The number of anilines is 1. The third-order valence-electron chi connectivity index (χ3n) is 2.12. The maximum Gasteiger partial charge on any atom is 0.160 e. The highest BCUT2D eigenvalue weighted by Gasteiger charge is 2.08. The van der Waals surface area contributed by atoms with Gasteiger partial charge in [-0.05, 0) is 25.5 Å². The van der Waals surface area contributed by atoms with Gasteiger partial charge in [0, 0.05) is 11.7 Å². The van der Waals surface area contributed by atoms with Gasteiger partial charge in [-0.3, -0.25) is 0 Å². The van der Waals surface area contributed by atoms with E-state index in [1.807, 2.05) is 0 Å². The topological polar surface area (TPSA) is 12.0 Å². The zero-order valence-corrected chi connectivity index (χ0v) is 10.3. The molecule has 1 rings (SSSR count). The van der Waals surface area contributed by atoms with Gasteiger partial charge in [0.25, 0.3) is 0 Å². The Hall–Kier alpha value is -0.470. The van der Waals surface area contributed by atoms with Crippen molar-refractivity contribution in [1.29, 1.82) is 0 Å². The van der Waals surface area contributed by atoms with Crippen molar-refractivity contribution in [2.24, 2.45) is 0 Å². The molecule has 1 N–H and O–H groups in total. The molecule has 1 nitrogen and oxygen atoms in total. The lowest BCUT2D eigenvalue weighted by molar-refractivity contribution is 0.628. The monoisotopic (exact) mass is 249 g/mol. The molecule has 1 aromatic rings. The lowest BCUT2D eigenvalue weighted by Gasteiger charge is -2.14. The zero-order chi connectivity index (χ0) is 11.4. The van der Waals surface area contributed by atoms with Crippen molar-refractivity contribution in [3.63, 3.8) is 0 Å². The van der Waals surface area contributed by atoms with Gasteiger partial charge in [0.2, 0.25) is 0 Å². The first-order valence-electron chi connectivity index (χ1n) is 4.95. The zero-order valence-electron chi connectivity index (χ0n) is 8.78. The van der Waals surface area contributed by atoms with Crippen molar-refractivity contribution in [1.82, 2.24) is 0 Å². The van der Waals surface area contributed by atoms with Crippen molar-refractivity contribution in [2.75, 3.05) is 5.32 Å². The van der Waals surface area contributed by atoms with E-state index in [2.05, 4.69) is 19.2 Å². The van der Waals surface area contributed by atoms with Crippen LogP contribution in [0.25, 0.3) is 0 Å². The number of hydrogen-bond donors (Lipinski definition) is 1. The Morgan fingerprint density at radius 3 is 2.33 bits per heavy atom. The summed E-state index contributed by atoms with van der Waals surface area (Å²) >= 11 is 11.4. The minimum atomic E-state index is -0.563. The summed E-state index contributed by atoms with van der Waals surface area (Å²) in [5, 5.41) is 3.32. The third-order valence-corrected chi connectivity index (χ3v) is 2.67. The Kier molecular flexibility index (Phi) is 4.68. The van der Waals surface area contributed by atoms with Gasteiger partial charge in [-0.1, -0.05) is 36.5 Å². The molecular formula is C11H14Cl2FN. The van der Waals surface area contributed by atoms with E-state index in [-0.39, 0.29) is 10.0 Å². The highest BCUT2D eigenvalue weighted by molar-refractivity contribution is 6.35. The van der Waals surface area contributed by atoms with Crippen molar-refractivity contribution >= 4 is 28.9 Å². The Balaban J connectivity index is 2.78. The summed E-state index contributed by atoms with van der Waals surface area (Å²) in [6.45, 7) is 4.18. The van der Waals surface area contributed by atoms with Crippen LogP contribution in [0.2, 0.25) is 10.0 Å². The van der Waals surface area contributed by atoms with E-state index in [9.17, 15) is 4.39 Å².